The highest BCUT2D eigenvalue weighted by Crippen LogP contribution is 1.96. The molecule has 0 saturated heterocycles. The summed E-state index contributed by atoms with van der Waals surface area (Å²) in [7, 11) is 0. The van der Waals surface area contributed by atoms with Gasteiger partial charge in [-0.25, -0.2) is 0 Å². The lowest BCUT2D eigenvalue weighted by molar-refractivity contribution is 0.869. The molecule has 0 aliphatic carbocycles. The zero-order chi connectivity index (χ0) is 8.36. The van der Waals surface area contributed by atoms with Crippen LogP contribution in [0.1, 0.15) is 19.3 Å². The van der Waals surface area contributed by atoms with Gasteiger partial charge in [0.05, 0.1) is 0 Å². The fourth-order valence-electron chi connectivity index (χ4n) is 0.671. The van der Waals surface area contributed by atoms with Gasteiger partial charge in [0.2, 0.25) is 0 Å². The predicted molar refractivity (Wildman–Crippen MR) is 51.2 cm³/mol. The van der Waals surface area contributed by atoms with Gasteiger partial charge < -0.3 is 0 Å². The van der Waals surface area contributed by atoms with Gasteiger partial charge in [-0.15, -0.1) is 0 Å². The predicted octanol–water partition coefficient (Wildman–Crippen LogP) is 3.44. The average molecular weight is 147 g/mol. The SMILES string of the molecule is [CH]=CCCCC=CC=CC=C. The van der Waals surface area contributed by atoms with Crippen LogP contribution < -0.4 is 0 Å². The summed E-state index contributed by atoms with van der Waals surface area (Å²) in [6.07, 6.45) is 14.7. The highest BCUT2D eigenvalue weighted by atomic mass is 13.8. The van der Waals surface area contributed by atoms with Crippen LogP contribution in [0.4, 0.5) is 0 Å². The molecule has 0 unspecified atom stereocenters. The van der Waals surface area contributed by atoms with Gasteiger partial charge in [-0.05, 0) is 19.3 Å². The van der Waals surface area contributed by atoms with Crippen molar-refractivity contribution in [1.82, 2.24) is 0 Å². The Hall–Kier alpha value is -1.04. The third-order valence-electron chi connectivity index (χ3n) is 1.24. The molecular weight excluding hydrogens is 132 g/mol. The maximum Gasteiger partial charge on any atom is -0.0345 e. The van der Waals surface area contributed by atoms with E-state index in [4.69, 9.17) is 6.58 Å². The summed E-state index contributed by atoms with van der Waals surface area (Å²) in [4.78, 5) is 0. The van der Waals surface area contributed by atoms with Gasteiger partial charge in [-0.2, -0.15) is 0 Å². The van der Waals surface area contributed by atoms with E-state index in [-0.39, 0.29) is 0 Å². The largest absolute Gasteiger partial charge is 0.0991 e. The molecule has 0 nitrogen and oxygen atoms in total. The van der Waals surface area contributed by atoms with Crippen molar-refractivity contribution in [2.75, 3.05) is 0 Å². The van der Waals surface area contributed by atoms with Gasteiger partial charge in [0.15, 0.2) is 0 Å². The van der Waals surface area contributed by atoms with E-state index >= 15 is 0 Å². The molecule has 1 radical (unpaired) electrons. The summed E-state index contributed by atoms with van der Waals surface area (Å²) >= 11 is 0. The summed E-state index contributed by atoms with van der Waals surface area (Å²) in [5, 5.41) is 0. The average Bonchev–Trinajstić information content (AvgIpc) is 2.03. The lowest BCUT2D eigenvalue weighted by Crippen LogP contribution is -1.66. The molecule has 0 atom stereocenters. The smallest absolute Gasteiger partial charge is 0.0345 e. The van der Waals surface area contributed by atoms with E-state index in [0.717, 1.165) is 19.3 Å². The fourth-order valence-corrected chi connectivity index (χ4v) is 0.671. The van der Waals surface area contributed by atoms with Gasteiger partial charge in [-0.1, -0.05) is 49.6 Å². The van der Waals surface area contributed by atoms with E-state index in [1.807, 2.05) is 18.2 Å². The first-order chi connectivity index (χ1) is 5.41. The van der Waals surface area contributed by atoms with E-state index < -0.39 is 0 Å². The number of rotatable bonds is 6. The van der Waals surface area contributed by atoms with Crippen molar-refractivity contribution in [3.05, 3.63) is 49.6 Å². The Kier molecular flexibility index (Phi) is 8.11. The van der Waals surface area contributed by atoms with Crippen LogP contribution in [0, 0.1) is 6.58 Å². The molecule has 0 aromatic heterocycles. The summed E-state index contributed by atoms with van der Waals surface area (Å²) in [5.74, 6) is 0. The highest BCUT2D eigenvalue weighted by Gasteiger charge is 1.76. The quantitative estimate of drug-likeness (QED) is 0.399. The number of hydrogen-bond acceptors (Lipinski definition) is 0. The third kappa shape index (κ3) is 8.96. The van der Waals surface area contributed by atoms with Crippen LogP contribution in [-0.2, 0) is 0 Å². The second-order valence-electron chi connectivity index (χ2n) is 2.22. The minimum absolute atomic E-state index is 0.996. The molecule has 0 aromatic rings. The van der Waals surface area contributed by atoms with E-state index in [9.17, 15) is 0 Å². The standard InChI is InChI=1S/C11H15/c1-3-5-7-9-11-10-8-6-4-2/h1,3-4,6,8,10-11H,2,5,7,9H2. The minimum atomic E-state index is 0.996. The topological polar surface area (TPSA) is 0 Å². The Morgan fingerprint density at radius 3 is 2.55 bits per heavy atom. The van der Waals surface area contributed by atoms with Gasteiger partial charge in [0.1, 0.15) is 0 Å². The summed E-state index contributed by atoms with van der Waals surface area (Å²) in [5.41, 5.74) is 0. The summed E-state index contributed by atoms with van der Waals surface area (Å²) in [6, 6.07) is 0. The van der Waals surface area contributed by atoms with Crippen LogP contribution in [-0.4, -0.2) is 0 Å². The minimum Gasteiger partial charge on any atom is -0.0991 e. The first-order valence-corrected chi connectivity index (χ1v) is 3.89. The first kappa shape index (κ1) is 9.96. The van der Waals surface area contributed by atoms with Crippen molar-refractivity contribution in [2.45, 2.75) is 19.3 Å². The molecule has 0 fully saturated rings. The van der Waals surface area contributed by atoms with Gasteiger partial charge >= 0.3 is 0 Å². The second kappa shape index (κ2) is 8.96. The summed E-state index contributed by atoms with van der Waals surface area (Å²) in [6.45, 7) is 8.78. The monoisotopic (exact) mass is 147 g/mol. The molecule has 0 aliphatic rings. The van der Waals surface area contributed by atoms with Crippen LogP contribution in [0.3, 0.4) is 0 Å². The fraction of sp³-hybridized carbons (Fsp3) is 0.273. The number of allylic oxidation sites excluding steroid dienone is 6. The zero-order valence-corrected chi connectivity index (χ0v) is 6.87. The molecule has 11 heavy (non-hydrogen) atoms. The van der Waals surface area contributed by atoms with Crippen LogP contribution in [0.25, 0.3) is 0 Å². The van der Waals surface area contributed by atoms with Crippen molar-refractivity contribution in [1.29, 1.82) is 0 Å². The van der Waals surface area contributed by atoms with Gasteiger partial charge in [0.25, 0.3) is 0 Å². The van der Waals surface area contributed by atoms with Gasteiger partial charge in [0, 0.05) is 0 Å². The third-order valence-corrected chi connectivity index (χ3v) is 1.24. The summed E-state index contributed by atoms with van der Waals surface area (Å²) < 4.78 is 0. The van der Waals surface area contributed by atoms with Crippen molar-refractivity contribution >= 4 is 0 Å². The first-order valence-electron chi connectivity index (χ1n) is 3.89. The Morgan fingerprint density at radius 1 is 1.09 bits per heavy atom. The molecule has 0 rings (SSSR count). The number of hydrogen-bond donors (Lipinski definition) is 0. The lowest BCUT2D eigenvalue weighted by Gasteiger charge is -1.86. The maximum atomic E-state index is 5.21. The molecule has 0 N–H and O–H groups in total. The van der Waals surface area contributed by atoms with Crippen molar-refractivity contribution in [3.63, 3.8) is 0 Å². The Bertz CT molecular complexity index is 149. The van der Waals surface area contributed by atoms with Crippen LogP contribution in [0.5, 0.6) is 0 Å². The van der Waals surface area contributed by atoms with E-state index in [1.54, 1.807) is 12.2 Å². The maximum absolute atomic E-state index is 5.21. The Labute approximate surface area is 69.6 Å². The highest BCUT2D eigenvalue weighted by molar-refractivity contribution is 5.08. The second-order valence-corrected chi connectivity index (χ2v) is 2.22. The molecule has 0 amide bonds. The van der Waals surface area contributed by atoms with Crippen LogP contribution >= 0.6 is 0 Å². The van der Waals surface area contributed by atoms with Crippen molar-refractivity contribution < 1.29 is 0 Å². The molecule has 0 aliphatic heterocycles. The zero-order valence-electron chi connectivity index (χ0n) is 6.87. The molecule has 0 bridgehead atoms. The van der Waals surface area contributed by atoms with Crippen LogP contribution in [0.2, 0.25) is 0 Å². The van der Waals surface area contributed by atoms with E-state index in [1.165, 1.54) is 0 Å². The molecule has 0 aromatic carbocycles. The van der Waals surface area contributed by atoms with Crippen LogP contribution in [0.15, 0.2) is 43.0 Å². The molecule has 0 spiro atoms. The van der Waals surface area contributed by atoms with E-state index in [0.29, 0.717) is 0 Å². The number of unbranched alkanes of at least 4 members (excludes halogenated alkanes) is 2. The molecule has 0 heteroatoms. The van der Waals surface area contributed by atoms with Crippen molar-refractivity contribution in [2.24, 2.45) is 0 Å². The molecule has 0 heterocycles. The lowest BCUT2D eigenvalue weighted by atomic mass is 10.2. The normalized spacial score (nSPS) is 10.9. The van der Waals surface area contributed by atoms with Crippen molar-refractivity contribution in [3.8, 4) is 0 Å². The van der Waals surface area contributed by atoms with Gasteiger partial charge in [-0.3, -0.25) is 0 Å². The molecular formula is C11H15. The molecule has 0 saturated carbocycles. The Balaban J connectivity index is 3.22. The molecule has 59 valence electrons. The Morgan fingerprint density at radius 2 is 1.91 bits per heavy atom. The van der Waals surface area contributed by atoms with E-state index in [2.05, 4.69) is 12.7 Å².